The molecule has 4 unspecified atom stereocenters. The standard InChI is InChI=1S/C14H19N3O4/c1-20-8-4-5-10(11(7-8)17(18)19)16-13-12(15)9-3-2-6-21-14(9)13/h4-5,7,9,12-14,16H,2-3,6,15H2,1H3. The Morgan fingerprint density at radius 1 is 1.52 bits per heavy atom. The summed E-state index contributed by atoms with van der Waals surface area (Å²) >= 11 is 0. The Morgan fingerprint density at radius 2 is 2.33 bits per heavy atom. The zero-order valence-electron chi connectivity index (χ0n) is 11.8. The molecule has 21 heavy (non-hydrogen) atoms. The lowest BCUT2D eigenvalue weighted by Gasteiger charge is -2.52. The maximum Gasteiger partial charge on any atom is 0.296 e. The van der Waals surface area contributed by atoms with Crippen molar-refractivity contribution >= 4 is 11.4 Å². The van der Waals surface area contributed by atoms with E-state index in [9.17, 15) is 10.1 Å². The maximum absolute atomic E-state index is 11.2. The Labute approximate surface area is 122 Å². The van der Waals surface area contributed by atoms with Crippen LogP contribution in [0.4, 0.5) is 11.4 Å². The molecule has 0 bridgehead atoms. The van der Waals surface area contributed by atoms with E-state index in [4.69, 9.17) is 15.2 Å². The van der Waals surface area contributed by atoms with Gasteiger partial charge in [-0.2, -0.15) is 0 Å². The molecule has 7 heteroatoms. The zero-order valence-corrected chi connectivity index (χ0v) is 11.8. The van der Waals surface area contributed by atoms with Gasteiger partial charge in [0.25, 0.3) is 5.69 Å². The lowest BCUT2D eigenvalue weighted by molar-refractivity contribution is -0.384. The van der Waals surface area contributed by atoms with Crippen LogP contribution in [0.2, 0.25) is 0 Å². The number of hydrogen-bond donors (Lipinski definition) is 2. The SMILES string of the molecule is COc1ccc(NC2C(N)C3CCCOC32)c([N+](=O)[O-])c1. The smallest absolute Gasteiger partial charge is 0.296 e. The average Bonchev–Trinajstić information content (AvgIpc) is 2.52. The molecule has 1 heterocycles. The lowest BCUT2D eigenvalue weighted by Crippen LogP contribution is -2.69. The number of fused-ring (bicyclic) bond motifs is 1. The van der Waals surface area contributed by atoms with Gasteiger partial charge in [-0.25, -0.2) is 0 Å². The van der Waals surface area contributed by atoms with Crippen LogP contribution in [0.1, 0.15) is 12.8 Å². The van der Waals surface area contributed by atoms with E-state index >= 15 is 0 Å². The van der Waals surface area contributed by atoms with Crippen LogP contribution < -0.4 is 15.8 Å². The maximum atomic E-state index is 11.2. The van der Waals surface area contributed by atoms with Gasteiger partial charge in [-0.15, -0.1) is 0 Å². The minimum Gasteiger partial charge on any atom is -0.496 e. The van der Waals surface area contributed by atoms with Gasteiger partial charge in [-0.1, -0.05) is 0 Å². The normalized spacial score (nSPS) is 31.0. The molecular weight excluding hydrogens is 274 g/mol. The number of nitro groups is 1. The van der Waals surface area contributed by atoms with Crippen LogP contribution in [0.5, 0.6) is 5.75 Å². The van der Waals surface area contributed by atoms with E-state index in [0.717, 1.165) is 19.4 Å². The van der Waals surface area contributed by atoms with Gasteiger partial charge in [0.2, 0.25) is 0 Å². The Bertz CT molecular complexity index is 551. The summed E-state index contributed by atoms with van der Waals surface area (Å²) in [7, 11) is 1.48. The van der Waals surface area contributed by atoms with Crippen molar-refractivity contribution in [1.82, 2.24) is 0 Å². The second-order valence-electron chi connectivity index (χ2n) is 5.53. The molecule has 7 nitrogen and oxygen atoms in total. The summed E-state index contributed by atoms with van der Waals surface area (Å²) < 4.78 is 10.8. The lowest BCUT2D eigenvalue weighted by atomic mass is 9.68. The summed E-state index contributed by atoms with van der Waals surface area (Å²) in [6, 6.07) is 4.64. The third-order valence-corrected chi connectivity index (χ3v) is 4.40. The van der Waals surface area contributed by atoms with Crippen LogP contribution in [-0.2, 0) is 4.74 Å². The fourth-order valence-corrected chi connectivity index (χ4v) is 3.22. The predicted octanol–water partition coefficient (Wildman–Crippen LogP) is 1.52. The first-order valence-electron chi connectivity index (χ1n) is 7.08. The van der Waals surface area contributed by atoms with Crippen molar-refractivity contribution in [2.45, 2.75) is 31.0 Å². The van der Waals surface area contributed by atoms with Crippen LogP contribution in [0.3, 0.4) is 0 Å². The summed E-state index contributed by atoms with van der Waals surface area (Å²) in [5, 5.41) is 14.4. The van der Waals surface area contributed by atoms with Gasteiger partial charge in [-0.05, 0) is 25.0 Å². The first kappa shape index (κ1) is 14.1. The Hall–Kier alpha value is -1.86. The third kappa shape index (κ3) is 2.43. The van der Waals surface area contributed by atoms with Gasteiger partial charge in [0.05, 0.1) is 30.2 Å². The van der Waals surface area contributed by atoms with Gasteiger partial charge in [0.1, 0.15) is 11.4 Å². The zero-order chi connectivity index (χ0) is 15.0. The second-order valence-corrected chi connectivity index (χ2v) is 5.53. The quantitative estimate of drug-likeness (QED) is 0.645. The Kier molecular flexibility index (Phi) is 3.69. The van der Waals surface area contributed by atoms with Crippen molar-refractivity contribution in [2.24, 2.45) is 11.7 Å². The van der Waals surface area contributed by atoms with Crippen LogP contribution in [0, 0.1) is 16.0 Å². The Balaban J connectivity index is 1.80. The van der Waals surface area contributed by atoms with Crippen molar-refractivity contribution in [3.8, 4) is 5.75 Å². The van der Waals surface area contributed by atoms with E-state index in [-0.39, 0.29) is 23.9 Å². The molecular formula is C14H19N3O4. The van der Waals surface area contributed by atoms with Gasteiger partial charge in [0.15, 0.2) is 0 Å². The highest BCUT2D eigenvalue weighted by atomic mass is 16.6. The van der Waals surface area contributed by atoms with Crippen LogP contribution >= 0.6 is 0 Å². The van der Waals surface area contributed by atoms with E-state index < -0.39 is 4.92 Å². The molecule has 4 atom stereocenters. The summed E-state index contributed by atoms with van der Waals surface area (Å²) in [6.45, 7) is 0.733. The number of nitrogens with zero attached hydrogens (tertiary/aromatic N) is 1. The summed E-state index contributed by atoms with van der Waals surface area (Å²) in [4.78, 5) is 10.8. The largest absolute Gasteiger partial charge is 0.496 e. The monoisotopic (exact) mass is 293 g/mol. The molecule has 1 saturated carbocycles. The molecule has 0 amide bonds. The first-order valence-corrected chi connectivity index (χ1v) is 7.08. The number of nitrogens with two attached hydrogens (primary N) is 1. The van der Waals surface area contributed by atoms with Crippen molar-refractivity contribution in [3.05, 3.63) is 28.3 Å². The number of hydrogen-bond acceptors (Lipinski definition) is 6. The minimum absolute atomic E-state index is 0.0131. The molecule has 1 aromatic carbocycles. The molecule has 114 valence electrons. The number of anilines is 1. The molecule has 1 aliphatic heterocycles. The molecule has 2 fully saturated rings. The highest BCUT2D eigenvalue weighted by molar-refractivity contribution is 5.65. The van der Waals surface area contributed by atoms with Crippen molar-refractivity contribution < 1.29 is 14.4 Å². The van der Waals surface area contributed by atoms with Crippen LogP contribution in [-0.4, -0.2) is 36.8 Å². The minimum atomic E-state index is -0.422. The number of rotatable bonds is 4. The Morgan fingerprint density at radius 3 is 3.05 bits per heavy atom. The highest BCUT2D eigenvalue weighted by Crippen LogP contribution is 2.40. The van der Waals surface area contributed by atoms with Crippen LogP contribution in [0.15, 0.2) is 18.2 Å². The molecule has 3 N–H and O–H groups in total. The van der Waals surface area contributed by atoms with E-state index in [0.29, 0.717) is 17.4 Å². The predicted molar refractivity (Wildman–Crippen MR) is 77.5 cm³/mol. The van der Waals surface area contributed by atoms with Gasteiger partial charge in [0, 0.05) is 18.6 Å². The number of benzene rings is 1. The van der Waals surface area contributed by atoms with Crippen molar-refractivity contribution in [2.75, 3.05) is 19.0 Å². The molecule has 0 radical (unpaired) electrons. The molecule has 1 saturated heterocycles. The number of nitro benzene ring substituents is 1. The summed E-state index contributed by atoms with van der Waals surface area (Å²) in [6.07, 6.45) is 2.15. The van der Waals surface area contributed by atoms with Crippen LogP contribution in [0.25, 0.3) is 0 Å². The fourth-order valence-electron chi connectivity index (χ4n) is 3.22. The number of nitrogens with one attached hydrogen (secondary N) is 1. The molecule has 2 aliphatic rings. The van der Waals surface area contributed by atoms with E-state index in [1.165, 1.54) is 13.2 Å². The van der Waals surface area contributed by atoms with E-state index in [2.05, 4.69) is 5.32 Å². The van der Waals surface area contributed by atoms with Crippen molar-refractivity contribution in [1.29, 1.82) is 0 Å². The molecule has 3 rings (SSSR count). The van der Waals surface area contributed by atoms with E-state index in [1.807, 2.05) is 0 Å². The first-order chi connectivity index (χ1) is 10.1. The fraction of sp³-hybridized carbons (Fsp3) is 0.571. The molecule has 0 aromatic heterocycles. The average molecular weight is 293 g/mol. The second kappa shape index (κ2) is 5.50. The molecule has 0 spiro atoms. The highest BCUT2D eigenvalue weighted by Gasteiger charge is 2.50. The van der Waals surface area contributed by atoms with Gasteiger partial charge < -0.3 is 20.5 Å². The third-order valence-electron chi connectivity index (χ3n) is 4.40. The van der Waals surface area contributed by atoms with Gasteiger partial charge in [-0.3, -0.25) is 10.1 Å². The van der Waals surface area contributed by atoms with Crippen molar-refractivity contribution in [3.63, 3.8) is 0 Å². The molecule has 1 aromatic rings. The van der Waals surface area contributed by atoms with E-state index in [1.54, 1.807) is 12.1 Å². The summed E-state index contributed by atoms with van der Waals surface area (Å²) in [5.74, 6) is 0.811. The molecule has 1 aliphatic carbocycles. The number of methoxy groups -OCH3 is 1. The number of ether oxygens (including phenoxy) is 2. The van der Waals surface area contributed by atoms with Gasteiger partial charge >= 0.3 is 0 Å². The topological polar surface area (TPSA) is 99.7 Å². The summed E-state index contributed by atoms with van der Waals surface area (Å²) in [5.41, 5.74) is 6.61.